The van der Waals surface area contributed by atoms with E-state index in [1.165, 1.54) is 5.09 Å². The third kappa shape index (κ3) is 3.52. The van der Waals surface area contributed by atoms with E-state index in [-0.39, 0.29) is 0 Å². The van der Waals surface area contributed by atoms with Gasteiger partial charge in [-0.2, -0.15) is 4.91 Å². The highest BCUT2D eigenvalue weighted by atomic mass is 19.2. The lowest BCUT2D eigenvalue weighted by Crippen LogP contribution is -1.84. The lowest BCUT2D eigenvalue weighted by atomic mass is 10.3. The predicted octanol–water partition coefficient (Wildman–Crippen LogP) is 0.677. The summed E-state index contributed by atoms with van der Waals surface area (Å²) in [6, 6.07) is 0. The molecule has 0 atom stereocenters. The summed E-state index contributed by atoms with van der Waals surface area (Å²) in [4.78, 5) is 8.50. The van der Waals surface area contributed by atoms with Crippen LogP contribution in [0.5, 0.6) is 0 Å². The quantitative estimate of drug-likeness (QED) is 0.335. The third-order valence-electron chi connectivity index (χ3n) is 0.0797. The zero-order chi connectivity index (χ0) is 4.28. The van der Waals surface area contributed by atoms with Crippen LogP contribution in [-0.4, -0.2) is 7.40 Å². The van der Waals surface area contributed by atoms with E-state index in [9.17, 15) is 8.63 Å². The van der Waals surface area contributed by atoms with Gasteiger partial charge in [0.2, 0.25) is 0 Å². The van der Waals surface area contributed by atoms with E-state index in [2.05, 4.69) is 0 Å². The molecule has 0 saturated heterocycles. The van der Waals surface area contributed by atoms with Crippen LogP contribution in [0, 0.1) is 4.91 Å². The molecule has 0 heterocycles. The van der Waals surface area contributed by atoms with Crippen molar-refractivity contribution in [2.75, 3.05) is 0 Å². The van der Waals surface area contributed by atoms with E-state index in [1.807, 2.05) is 0 Å². The molecule has 5 heteroatoms. The molecule has 0 aromatic carbocycles. The molecule has 28 valence electrons. The van der Waals surface area contributed by atoms with Crippen LogP contribution in [0.3, 0.4) is 0 Å². The van der Waals surface area contributed by atoms with Gasteiger partial charge in [-0.3, -0.25) is 8.63 Å². The largest absolute Gasteiger partial charge is 0.731 e. The van der Waals surface area contributed by atoms with Gasteiger partial charge in [-0.15, -0.1) is 0 Å². The maximum Gasteiger partial charge on any atom is 0.731 e. The van der Waals surface area contributed by atoms with Gasteiger partial charge >= 0.3 is 7.40 Å². The molecule has 0 aromatic heterocycles. The molecule has 0 bridgehead atoms. The first-order chi connectivity index (χ1) is 2.27. The second-order valence-electron chi connectivity index (χ2n) is 0.383. The summed E-state index contributed by atoms with van der Waals surface area (Å²) in [5.41, 5.74) is 0. The Kier molecular flexibility index (Phi) is 1.64. The molecule has 0 amide bonds. The van der Waals surface area contributed by atoms with Crippen molar-refractivity contribution in [1.29, 1.82) is 0 Å². The maximum atomic E-state index is 10.3. The average Bonchev–Trinajstić information content (AvgIpc) is 1.38. The first kappa shape index (κ1) is 4.52. The van der Waals surface area contributed by atoms with Crippen molar-refractivity contribution in [2.45, 2.75) is 0 Å². The lowest BCUT2D eigenvalue weighted by molar-refractivity contribution is 0.661. The molecule has 0 saturated carbocycles. The summed E-state index contributed by atoms with van der Waals surface area (Å²) < 4.78 is 20.6. The molecule has 0 aliphatic heterocycles. The van der Waals surface area contributed by atoms with E-state index in [0.29, 0.717) is 0 Å². The van der Waals surface area contributed by atoms with Crippen LogP contribution in [0.4, 0.5) is 8.63 Å². The van der Waals surface area contributed by atoms with Crippen LogP contribution in [0.1, 0.15) is 0 Å². The van der Waals surface area contributed by atoms with Gasteiger partial charge in [0.1, 0.15) is 0 Å². The van der Waals surface area contributed by atoms with Gasteiger partial charge in [0.05, 0.1) is 0 Å². The Hall–Kier alpha value is -0.475. The van der Waals surface area contributed by atoms with Crippen LogP contribution >= 0.6 is 0 Å². The maximum absolute atomic E-state index is 10.3. The second-order valence-corrected chi connectivity index (χ2v) is 0.383. The van der Waals surface area contributed by atoms with Gasteiger partial charge in [-0.1, -0.05) is 0 Å². The van der Waals surface area contributed by atoms with Crippen LogP contribution < -0.4 is 0 Å². The van der Waals surface area contributed by atoms with E-state index >= 15 is 0 Å². The van der Waals surface area contributed by atoms with E-state index < -0.39 is 7.40 Å². The van der Waals surface area contributed by atoms with Crippen molar-refractivity contribution < 1.29 is 8.63 Å². The monoisotopic (exact) mass is 79.0 g/mol. The van der Waals surface area contributed by atoms with E-state index in [0.717, 1.165) is 0 Å². The Bertz CT molecular complexity index is 36.6. The van der Waals surface area contributed by atoms with E-state index in [4.69, 9.17) is 4.91 Å². The number of hydrogen-bond acceptors (Lipinski definition) is 2. The number of halogens is 2. The summed E-state index contributed by atoms with van der Waals surface area (Å²) in [5.74, 6) is 0. The van der Waals surface area contributed by atoms with Gasteiger partial charge in [-0.25, -0.2) is 0 Å². The normalized spacial score (nSPS) is 6.80. The number of hydrogen-bond donors (Lipinski definition) is 0. The number of nitroso groups, excluding NO2 is 1. The fourth-order valence-electron chi connectivity index (χ4n) is 0. The van der Waals surface area contributed by atoms with Crippen LogP contribution in [0.15, 0.2) is 5.09 Å². The molecule has 0 aliphatic carbocycles. The molecule has 2 nitrogen and oxygen atoms in total. The Balaban J connectivity index is 2.83. The van der Waals surface area contributed by atoms with Gasteiger partial charge in [0.15, 0.2) is 0 Å². The molecule has 0 unspecified atom stereocenters. The van der Waals surface area contributed by atoms with Crippen molar-refractivity contribution in [3.63, 3.8) is 0 Å². The van der Waals surface area contributed by atoms with Crippen molar-refractivity contribution in [2.24, 2.45) is 5.09 Å². The smallest absolute Gasteiger partial charge is 0.261 e. The molecule has 5 heavy (non-hydrogen) atoms. The lowest BCUT2D eigenvalue weighted by Gasteiger charge is -1.60. The third-order valence-corrected chi connectivity index (χ3v) is 0.0797. The summed E-state index contributed by atoms with van der Waals surface area (Å²) in [7, 11) is -3.05. The highest BCUT2D eigenvalue weighted by molar-refractivity contribution is 6.40. The Morgan fingerprint density at radius 3 is 1.80 bits per heavy atom. The first-order valence-corrected chi connectivity index (χ1v) is 0.877. The van der Waals surface area contributed by atoms with Crippen LogP contribution in [0.25, 0.3) is 0 Å². The summed E-state index contributed by atoms with van der Waals surface area (Å²) in [5, 5.41) is 1.31. The predicted molar refractivity (Wildman–Crippen MR) is 13.8 cm³/mol. The topological polar surface area (TPSA) is 29.4 Å². The Morgan fingerprint density at radius 1 is 1.60 bits per heavy atom. The second kappa shape index (κ2) is 1.81. The molecule has 0 rings (SSSR count). The zero-order valence-electron chi connectivity index (χ0n) is 2.19. The van der Waals surface area contributed by atoms with Crippen LogP contribution in [-0.2, 0) is 0 Å². The SMILES string of the molecule is O=NB(F)F. The van der Waals surface area contributed by atoms with Gasteiger partial charge in [0, 0.05) is 0 Å². The van der Waals surface area contributed by atoms with Crippen molar-refractivity contribution in [1.82, 2.24) is 0 Å². The van der Waals surface area contributed by atoms with Crippen LogP contribution in [0.2, 0.25) is 0 Å². The number of nitrogens with zero attached hydrogens (tertiary/aromatic N) is 1. The Morgan fingerprint density at radius 2 is 1.80 bits per heavy atom. The molecule has 0 aliphatic rings. The minimum Gasteiger partial charge on any atom is -0.261 e. The van der Waals surface area contributed by atoms with Gasteiger partial charge < -0.3 is 0 Å². The fraction of sp³-hybridized carbons (Fsp3) is 0. The highest BCUT2D eigenvalue weighted by Gasteiger charge is 2.10. The van der Waals surface area contributed by atoms with Crippen molar-refractivity contribution in [3.05, 3.63) is 4.91 Å². The van der Waals surface area contributed by atoms with Gasteiger partial charge in [0.25, 0.3) is 0 Å². The Labute approximate surface area is 27.3 Å². The summed E-state index contributed by atoms with van der Waals surface area (Å²) >= 11 is 0. The summed E-state index contributed by atoms with van der Waals surface area (Å²) in [6.07, 6.45) is 0. The molecular weight excluding hydrogens is 78.8 g/mol. The standard InChI is InChI=1S/BF2NO/c2-1(3)4-5. The molecule has 0 radical (unpaired) electrons. The molecule has 0 fully saturated rings. The fourth-order valence-corrected chi connectivity index (χ4v) is 0. The number of rotatable bonds is 1. The zero-order valence-corrected chi connectivity index (χ0v) is 2.19. The summed E-state index contributed by atoms with van der Waals surface area (Å²) in [6.45, 7) is 0. The molecule has 0 aromatic rings. The minimum absolute atomic E-state index is 1.31. The van der Waals surface area contributed by atoms with Crippen molar-refractivity contribution >= 4 is 7.40 Å². The first-order valence-electron chi connectivity index (χ1n) is 0.877. The van der Waals surface area contributed by atoms with E-state index in [1.54, 1.807) is 0 Å². The molecular formula is BF2NO. The van der Waals surface area contributed by atoms with Crippen molar-refractivity contribution in [3.8, 4) is 0 Å². The van der Waals surface area contributed by atoms with Gasteiger partial charge in [-0.05, 0) is 5.09 Å². The average molecular weight is 78.8 g/mol. The molecule has 0 spiro atoms. The highest BCUT2D eigenvalue weighted by Crippen LogP contribution is 1.81. The minimum atomic E-state index is -3.05. The molecule has 0 N–H and O–H groups in total.